The second-order valence-electron chi connectivity index (χ2n) is 4.36. The number of nitrogens with one attached hydrogen (secondary N) is 2. The first-order valence-electron chi connectivity index (χ1n) is 5.37. The Bertz CT molecular complexity index is 604. The quantitative estimate of drug-likeness (QED) is 0.796. The predicted molar refractivity (Wildman–Crippen MR) is 68.4 cm³/mol. The van der Waals surface area contributed by atoms with E-state index in [4.69, 9.17) is 0 Å². The Balaban J connectivity index is 2.80. The van der Waals surface area contributed by atoms with Crippen LogP contribution in [0, 0.1) is 6.92 Å². The fourth-order valence-electron chi connectivity index (χ4n) is 1.55. The third-order valence-electron chi connectivity index (χ3n) is 2.23. The van der Waals surface area contributed by atoms with E-state index in [1.165, 1.54) is 12.3 Å². The molecule has 7 heteroatoms. The molecule has 0 aliphatic heterocycles. The van der Waals surface area contributed by atoms with Crippen molar-refractivity contribution in [3.05, 3.63) is 33.7 Å². The third-order valence-corrected chi connectivity index (χ3v) is 3.34. The van der Waals surface area contributed by atoms with Crippen molar-refractivity contribution in [3.63, 3.8) is 0 Å². The number of H-pyrrole nitrogens is 1. The van der Waals surface area contributed by atoms with Gasteiger partial charge in [-0.1, -0.05) is 0 Å². The lowest BCUT2D eigenvalue weighted by molar-refractivity contribution is 0.0942. The van der Waals surface area contributed by atoms with E-state index in [2.05, 4.69) is 10.3 Å². The highest BCUT2D eigenvalue weighted by molar-refractivity contribution is 7.90. The molecule has 2 N–H and O–H groups in total. The zero-order chi connectivity index (χ0) is 13.9. The Morgan fingerprint density at radius 2 is 2.11 bits per heavy atom. The zero-order valence-electron chi connectivity index (χ0n) is 10.5. The second-order valence-corrected chi connectivity index (χ2v) is 6.55. The number of amides is 1. The van der Waals surface area contributed by atoms with Crippen LogP contribution in [0.3, 0.4) is 0 Å². The SMILES string of the molecule is Cc1cc(=O)c(C(=O)NC(C)CS(C)(=O)=O)c[nH]1. The van der Waals surface area contributed by atoms with E-state index in [1.54, 1.807) is 13.8 Å². The monoisotopic (exact) mass is 272 g/mol. The summed E-state index contributed by atoms with van der Waals surface area (Å²) in [5, 5.41) is 2.47. The van der Waals surface area contributed by atoms with Crippen LogP contribution in [0.1, 0.15) is 23.0 Å². The largest absolute Gasteiger partial charge is 0.364 e. The molecular formula is C11H16N2O4S. The van der Waals surface area contributed by atoms with Crippen LogP contribution >= 0.6 is 0 Å². The molecular weight excluding hydrogens is 256 g/mol. The molecule has 1 rings (SSSR count). The summed E-state index contributed by atoms with van der Waals surface area (Å²) >= 11 is 0. The van der Waals surface area contributed by atoms with Crippen molar-refractivity contribution >= 4 is 15.7 Å². The van der Waals surface area contributed by atoms with Gasteiger partial charge in [-0.3, -0.25) is 9.59 Å². The van der Waals surface area contributed by atoms with Crippen LogP contribution in [0.15, 0.2) is 17.1 Å². The lowest BCUT2D eigenvalue weighted by Gasteiger charge is -2.12. The van der Waals surface area contributed by atoms with Gasteiger partial charge in [0.2, 0.25) is 0 Å². The van der Waals surface area contributed by atoms with Crippen molar-refractivity contribution in [1.82, 2.24) is 10.3 Å². The third kappa shape index (κ3) is 4.33. The van der Waals surface area contributed by atoms with Crippen LogP contribution < -0.4 is 10.7 Å². The van der Waals surface area contributed by atoms with Crippen LogP contribution in [0.2, 0.25) is 0 Å². The van der Waals surface area contributed by atoms with Crippen LogP contribution in [0.25, 0.3) is 0 Å². The zero-order valence-corrected chi connectivity index (χ0v) is 11.3. The van der Waals surface area contributed by atoms with Crippen molar-refractivity contribution in [2.75, 3.05) is 12.0 Å². The van der Waals surface area contributed by atoms with E-state index in [-0.39, 0.29) is 11.3 Å². The molecule has 1 unspecified atom stereocenters. The molecule has 0 aromatic carbocycles. The molecule has 0 radical (unpaired) electrons. The molecule has 1 aromatic heterocycles. The van der Waals surface area contributed by atoms with E-state index in [1.807, 2.05) is 0 Å². The van der Waals surface area contributed by atoms with Crippen LogP contribution in [-0.2, 0) is 9.84 Å². The first kappa shape index (κ1) is 14.4. The van der Waals surface area contributed by atoms with Crippen molar-refractivity contribution < 1.29 is 13.2 Å². The minimum absolute atomic E-state index is 0.0269. The second kappa shape index (κ2) is 5.34. The normalized spacial score (nSPS) is 13.1. The number of aromatic amines is 1. The highest BCUT2D eigenvalue weighted by atomic mass is 32.2. The molecule has 1 atom stereocenters. The van der Waals surface area contributed by atoms with Gasteiger partial charge in [0.15, 0.2) is 5.43 Å². The standard InChI is InChI=1S/C11H16N2O4S/c1-7-4-10(14)9(5-12-7)11(15)13-8(2)6-18(3,16)17/h4-5,8H,6H2,1-3H3,(H,12,14)(H,13,15). The van der Waals surface area contributed by atoms with Gasteiger partial charge in [0, 0.05) is 30.3 Å². The van der Waals surface area contributed by atoms with Crippen LogP contribution in [0.5, 0.6) is 0 Å². The molecule has 0 fully saturated rings. The van der Waals surface area contributed by atoms with Gasteiger partial charge in [-0.2, -0.15) is 0 Å². The van der Waals surface area contributed by atoms with Gasteiger partial charge in [-0.25, -0.2) is 8.42 Å². The molecule has 1 heterocycles. The lowest BCUT2D eigenvalue weighted by atomic mass is 10.2. The maximum Gasteiger partial charge on any atom is 0.256 e. The van der Waals surface area contributed by atoms with Crippen LogP contribution in [-0.4, -0.2) is 37.4 Å². The summed E-state index contributed by atoms with van der Waals surface area (Å²) in [7, 11) is -3.17. The van der Waals surface area contributed by atoms with Crippen molar-refractivity contribution in [3.8, 4) is 0 Å². The molecule has 0 saturated carbocycles. The van der Waals surface area contributed by atoms with Gasteiger partial charge in [0.05, 0.1) is 5.75 Å². The predicted octanol–water partition coefficient (Wildman–Crippen LogP) is -0.154. The minimum Gasteiger partial charge on any atom is -0.364 e. The molecule has 18 heavy (non-hydrogen) atoms. The van der Waals surface area contributed by atoms with E-state index in [0.29, 0.717) is 5.69 Å². The maximum atomic E-state index is 11.7. The van der Waals surface area contributed by atoms with Gasteiger partial charge in [0.1, 0.15) is 15.4 Å². The maximum absolute atomic E-state index is 11.7. The van der Waals surface area contributed by atoms with Crippen molar-refractivity contribution in [2.45, 2.75) is 19.9 Å². The van der Waals surface area contributed by atoms with Crippen LogP contribution in [0.4, 0.5) is 0 Å². The minimum atomic E-state index is -3.17. The van der Waals surface area contributed by atoms with E-state index in [9.17, 15) is 18.0 Å². The Hall–Kier alpha value is -1.63. The number of rotatable bonds is 4. The summed E-state index contributed by atoms with van der Waals surface area (Å²) in [6, 6.07) is 0.768. The van der Waals surface area contributed by atoms with E-state index in [0.717, 1.165) is 6.26 Å². The Labute approximate surface area is 105 Å². The smallest absolute Gasteiger partial charge is 0.256 e. The van der Waals surface area contributed by atoms with Crippen molar-refractivity contribution in [2.24, 2.45) is 0 Å². The first-order valence-corrected chi connectivity index (χ1v) is 7.43. The van der Waals surface area contributed by atoms with E-state index < -0.39 is 27.2 Å². The van der Waals surface area contributed by atoms with Gasteiger partial charge in [0.25, 0.3) is 5.91 Å². The van der Waals surface area contributed by atoms with E-state index >= 15 is 0 Å². The molecule has 1 aromatic rings. The number of hydrogen-bond acceptors (Lipinski definition) is 4. The average Bonchev–Trinajstić information content (AvgIpc) is 2.13. The summed E-state index contributed by atoms with van der Waals surface area (Å²) in [5.74, 6) is -0.741. The number of sulfone groups is 1. The summed E-state index contributed by atoms with van der Waals surface area (Å²) in [5.41, 5.74) is 0.233. The fourth-order valence-corrected chi connectivity index (χ4v) is 2.54. The Morgan fingerprint density at radius 1 is 1.50 bits per heavy atom. The molecule has 0 saturated heterocycles. The van der Waals surface area contributed by atoms with Gasteiger partial charge >= 0.3 is 0 Å². The molecule has 0 bridgehead atoms. The number of carbonyl (C=O) groups excluding carboxylic acids is 1. The number of hydrogen-bond donors (Lipinski definition) is 2. The lowest BCUT2D eigenvalue weighted by Crippen LogP contribution is -2.39. The highest BCUT2D eigenvalue weighted by Gasteiger charge is 2.16. The van der Waals surface area contributed by atoms with Gasteiger partial charge in [-0.15, -0.1) is 0 Å². The molecule has 0 aliphatic rings. The molecule has 100 valence electrons. The summed E-state index contributed by atoms with van der Waals surface area (Å²) in [6.07, 6.45) is 2.41. The number of carbonyl (C=O) groups is 1. The molecule has 1 amide bonds. The fraction of sp³-hybridized carbons (Fsp3) is 0.455. The topological polar surface area (TPSA) is 96.1 Å². The number of aryl methyl sites for hydroxylation is 1. The Kier molecular flexibility index (Phi) is 4.28. The van der Waals surface area contributed by atoms with Gasteiger partial charge in [-0.05, 0) is 13.8 Å². The number of pyridine rings is 1. The Morgan fingerprint density at radius 3 is 2.61 bits per heavy atom. The first-order chi connectivity index (χ1) is 8.19. The van der Waals surface area contributed by atoms with Crippen molar-refractivity contribution in [1.29, 1.82) is 0 Å². The summed E-state index contributed by atoms with van der Waals surface area (Å²) in [6.45, 7) is 3.27. The highest BCUT2D eigenvalue weighted by Crippen LogP contribution is 1.95. The summed E-state index contributed by atoms with van der Waals surface area (Å²) in [4.78, 5) is 26.1. The molecule has 0 spiro atoms. The molecule has 6 nitrogen and oxygen atoms in total. The summed E-state index contributed by atoms with van der Waals surface area (Å²) < 4.78 is 22.1. The number of aromatic nitrogens is 1. The average molecular weight is 272 g/mol. The molecule has 0 aliphatic carbocycles. The van der Waals surface area contributed by atoms with Gasteiger partial charge < -0.3 is 10.3 Å².